The minimum absolute atomic E-state index is 0.0449. The number of hydrogen-bond donors (Lipinski definition) is 0. The molecule has 15 heavy (non-hydrogen) atoms. The molecule has 1 saturated carbocycles. The lowest BCUT2D eigenvalue weighted by Gasteiger charge is -2.22. The highest BCUT2D eigenvalue weighted by molar-refractivity contribution is 5.72. The summed E-state index contributed by atoms with van der Waals surface area (Å²) in [5, 5.41) is 0. The third-order valence-electron chi connectivity index (χ3n) is 3.30. The van der Waals surface area contributed by atoms with E-state index in [0.717, 1.165) is 5.92 Å². The van der Waals surface area contributed by atoms with Gasteiger partial charge in [0.25, 0.3) is 0 Å². The second kappa shape index (κ2) is 3.36. The monoisotopic (exact) mass is 208 g/mol. The standard InChI is InChI=1S/C13H20O2/c1-12(2,3)15-11(14)9-13-7-5-4-6-10(13)8-13/h5,7,10H,4,6,8-9H2,1-3H3/t10-,13-/m1/s1. The topological polar surface area (TPSA) is 26.3 Å². The highest BCUT2D eigenvalue weighted by Gasteiger charge is 2.54. The van der Waals surface area contributed by atoms with E-state index in [2.05, 4.69) is 12.2 Å². The molecule has 0 aromatic heterocycles. The molecule has 1 fully saturated rings. The van der Waals surface area contributed by atoms with Crippen LogP contribution >= 0.6 is 0 Å². The Hall–Kier alpha value is -0.790. The molecule has 84 valence electrons. The third-order valence-corrected chi connectivity index (χ3v) is 3.30. The second-order valence-corrected chi connectivity index (χ2v) is 5.88. The van der Waals surface area contributed by atoms with E-state index in [0.29, 0.717) is 6.42 Å². The Balaban J connectivity index is 1.90. The number of ether oxygens (including phenoxy) is 1. The molecule has 0 aromatic rings. The van der Waals surface area contributed by atoms with Crippen molar-refractivity contribution in [3.05, 3.63) is 12.2 Å². The van der Waals surface area contributed by atoms with Gasteiger partial charge < -0.3 is 4.74 Å². The summed E-state index contributed by atoms with van der Waals surface area (Å²) >= 11 is 0. The number of carbonyl (C=O) groups excluding carboxylic acids is 1. The van der Waals surface area contributed by atoms with Gasteiger partial charge in [-0.25, -0.2) is 0 Å². The van der Waals surface area contributed by atoms with Crippen LogP contribution < -0.4 is 0 Å². The summed E-state index contributed by atoms with van der Waals surface area (Å²) in [6.45, 7) is 5.76. The predicted molar refractivity (Wildman–Crippen MR) is 59.4 cm³/mol. The molecule has 0 spiro atoms. The number of carbonyl (C=O) groups is 1. The van der Waals surface area contributed by atoms with E-state index >= 15 is 0 Å². The number of esters is 1. The van der Waals surface area contributed by atoms with E-state index in [9.17, 15) is 4.79 Å². The molecule has 2 aliphatic carbocycles. The molecule has 0 heterocycles. The van der Waals surface area contributed by atoms with Gasteiger partial charge in [-0.15, -0.1) is 0 Å². The van der Waals surface area contributed by atoms with Crippen LogP contribution in [-0.2, 0) is 9.53 Å². The van der Waals surface area contributed by atoms with E-state index in [1.165, 1.54) is 19.3 Å². The Morgan fingerprint density at radius 3 is 2.87 bits per heavy atom. The minimum atomic E-state index is -0.351. The zero-order chi connectivity index (χ0) is 11.1. The van der Waals surface area contributed by atoms with Gasteiger partial charge in [0.05, 0.1) is 6.42 Å². The van der Waals surface area contributed by atoms with Gasteiger partial charge in [-0.3, -0.25) is 4.79 Å². The Bertz CT molecular complexity index is 298. The van der Waals surface area contributed by atoms with Crippen molar-refractivity contribution < 1.29 is 9.53 Å². The van der Waals surface area contributed by atoms with E-state index < -0.39 is 0 Å². The van der Waals surface area contributed by atoms with Crippen LogP contribution in [0, 0.1) is 11.3 Å². The van der Waals surface area contributed by atoms with E-state index in [4.69, 9.17) is 4.74 Å². The first-order valence-corrected chi connectivity index (χ1v) is 5.81. The summed E-state index contributed by atoms with van der Waals surface area (Å²) in [4.78, 5) is 11.7. The van der Waals surface area contributed by atoms with Crippen LogP contribution in [0.15, 0.2) is 12.2 Å². The Morgan fingerprint density at radius 1 is 1.53 bits per heavy atom. The molecule has 0 N–H and O–H groups in total. The average molecular weight is 208 g/mol. The lowest BCUT2D eigenvalue weighted by atomic mass is 9.92. The highest BCUT2D eigenvalue weighted by atomic mass is 16.6. The molecule has 2 heteroatoms. The Labute approximate surface area is 91.7 Å². The normalized spacial score (nSPS) is 33.4. The summed E-state index contributed by atoms with van der Waals surface area (Å²) in [6.07, 6.45) is 8.65. The molecule has 2 rings (SSSR count). The summed E-state index contributed by atoms with van der Waals surface area (Å²) in [5.74, 6) is 0.701. The number of fused-ring (bicyclic) bond motifs is 1. The number of rotatable bonds is 2. The van der Waals surface area contributed by atoms with E-state index in [1.54, 1.807) is 0 Å². The van der Waals surface area contributed by atoms with E-state index in [1.807, 2.05) is 20.8 Å². The van der Waals surface area contributed by atoms with Gasteiger partial charge in [0.15, 0.2) is 0 Å². The molecule has 2 nitrogen and oxygen atoms in total. The summed E-state index contributed by atoms with van der Waals surface area (Å²) < 4.78 is 5.36. The van der Waals surface area contributed by atoms with Crippen LogP contribution in [0.3, 0.4) is 0 Å². The summed E-state index contributed by atoms with van der Waals surface area (Å²) in [6, 6.07) is 0. The second-order valence-electron chi connectivity index (χ2n) is 5.88. The molecule has 0 saturated heterocycles. The van der Waals surface area contributed by atoms with Crippen molar-refractivity contribution in [1.29, 1.82) is 0 Å². The van der Waals surface area contributed by atoms with Crippen molar-refractivity contribution in [3.8, 4) is 0 Å². The number of allylic oxidation sites excluding steroid dienone is 2. The molecule has 2 aliphatic rings. The van der Waals surface area contributed by atoms with Crippen LogP contribution in [0.1, 0.15) is 46.5 Å². The van der Waals surface area contributed by atoms with Gasteiger partial charge in [-0.2, -0.15) is 0 Å². The first-order chi connectivity index (χ1) is 6.91. The molecule has 2 atom stereocenters. The fourth-order valence-electron chi connectivity index (χ4n) is 2.53. The van der Waals surface area contributed by atoms with Gasteiger partial charge in [0.2, 0.25) is 0 Å². The van der Waals surface area contributed by atoms with Crippen molar-refractivity contribution in [3.63, 3.8) is 0 Å². The van der Waals surface area contributed by atoms with Crippen molar-refractivity contribution in [2.75, 3.05) is 0 Å². The largest absolute Gasteiger partial charge is 0.460 e. The maximum absolute atomic E-state index is 11.7. The van der Waals surface area contributed by atoms with Crippen LogP contribution in [0.4, 0.5) is 0 Å². The van der Waals surface area contributed by atoms with Crippen LogP contribution in [0.25, 0.3) is 0 Å². The lowest BCUT2D eigenvalue weighted by molar-refractivity contribution is -0.156. The SMILES string of the molecule is CC(C)(C)OC(=O)C[C@]12C=CCC[C@@H]1C2. The summed E-state index contributed by atoms with van der Waals surface area (Å²) in [5.41, 5.74) is -0.170. The van der Waals surface area contributed by atoms with E-state index in [-0.39, 0.29) is 17.0 Å². The fourth-order valence-corrected chi connectivity index (χ4v) is 2.53. The smallest absolute Gasteiger partial charge is 0.307 e. The molecule has 0 aliphatic heterocycles. The molecule has 0 unspecified atom stereocenters. The van der Waals surface area contributed by atoms with Crippen LogP contribution in [0.5, 0.6) is 0 Å². The van der Waals surface area contributed by atoms with Crippen molar-refractivity contribution in [2.24, 2.45) is 11.3 Å². The van der Waals surface area contributed by atoms with Gasteiger partial charge >= 0.3 is 5.97 Å². The zero-order valence-corrected chi connectivity index (χ0v) is 9.88. The van der Waals surface area contributed by atoms with Crippen LogP contribution in [-0.4, -0.2) is 11.6 Å². The first kappa shape index (κ1) is 10.7. The quantitative estimate of drug-likeness (QED) is 0.515. The maximum Gasteiger partial charge on any atom is 0.307 e. The minimum Gasteiger partial charge on any atom is -0.460 e. The lowest BCUT2D eigenvalue weighted by Crippen LogP contribution is -2.25. The zero-order valence-electron chi connectivity index (χ0n) is 9.88. The molecule has 0 bridgehead atoms. The summed E-state index contributed by atoms with van der Waals surface area (Å²) in [7, 11) is 0. The molecule has 0 aromatic carbocycles. The molecule has 0 radical (unpaired) electrons. The average Bonchev–Trinajstić information content (AvgIpc) is 2.73. The maximum atomic E-state index is 11.7. The third kappa shape index (κ3) is 2.42. The Kier molecular flexibility index (Phi) is 2.40. The highest BCUT2D eigenvalue weighted by Crippen LogP contribution is 2.60. The first-order valence-electron chi connectivity index (χ1n) is 5.81. The van der Waals surface area contributed by atoms with Crippen molar-refractivity contribution in [2.45, 2.75) is 52.1 Å². The van der Waals surface area contributed by atoms with Crippen molar-refractivity contribution in [1.82, 2.24) is 0 Å². The van der Waals surface area contributed by atoms with Gasteiger partial charge in [0.1, 0.15) is 5.60 Å². The van der Waals surface area contributed by atoms with Gasteiger partial charge in [-0.05, 0) is 46.0 Å². The molecular weight excluding hydrogens is 188 g/mol. The van der Waals surface area contributed by atoms with Gasteiger partial charge in [0, 0.05) is 5.41 Å². The fraction of sp³-hybridized carbons (Fsp3) is 0.769. The number of hydrogen-bond acceptors (Lipinski definition) is 2. The molecule has 0 amide bonds. The van der Waals surface area contributed by atoms with Crippen molar-refractivity contribution >= 4 is 5.97 Å². The van der Waals surface area contributed by atoms with Gasteiger partial charge in [-0.1, -0.05) is 12.2 Å². The Morgan fingerprint density at radius 2 is 2.27 bits per heavy atom. The van der Waals surface area contributed by atoms with Crippen LogP contribution in [0.2, 0.25) is 0 Å². The predicted octanol–water partition coefficient (Wildman–Crippen LogP) is 3.07. The molecular formula is C13H20O2.